The van der Waals surface area contributed by atoms with E-state index >= 15 is 0 Å². The van der Waals surface area contributed by atoms with Gasteiger partial charge in [-0.2, -0.15) is 0 Å². The molecule has 0 aliphatic rings. The monoisotopic (exact) mass is 420 g/mol. The first-order chi connectivity index (χ1) is 13.1. The number of carbonyl (C=O) groups is 1. The summed E-state index contributed by atoms with van der Waals surface area (Å²) in [7, 11) is 0. The van der Waals surface area contributed by atoms with Crippen molar-refractivity contribution >= 4 is 45.6 Å². The molecule has 1 N–H and O–H groups in total. The van der Waals surface area contributed by atoms with Crippen molar-refractivity contribution in [3.63, 3.8) is 0 Å². The Morgan fingerprint density at radius 3 is 2.89 bits per heavy atom. The maximum atomic E-state index is 12.5. The Labute approximate surface area is 172 Å². The van der Waals surface area contributed by atoms with Gasteiger partial charge in [-0.1, -0.05) is 42.6 Å². The number of carbonyl (C=O) groups excluding carboxylic acids is 1. The number of thiazole rings is 1. The first kappa shape index (κ1) is 19.7. The predicted octanol–water partition coefficient (Wildman–Crippen LogP) is 6.55. The van der Waals surface area contributed by atoms with Gasteiger partial charge >= 0.3 is 0 Å². The van der Waals surface area contributed by atoms with E-state index in [1.54, 1.807) is 36.4 Å². The van der Waals surface area contributed by atoms with Crippen molar-refractivity contribution in [1.82, 2.24) is 4.98 Å². The molecule has 4 nitrogen and oxygen atoms in total. The summed E-state index contributed by atoms with van der Waals surface area (Å²) in [6.07, 6.45) is 2.04. The van der Waals surface area contributed by atoms with Crippen LogP contribution < -0.4 is 10.1 Å². The highest BCUT2D eigenvalue weighted by molar-refractivity contribution is 7.14. The van der Waals surface area contributed by atoms with Crippen LogP contribution in [0.25, 0.3) is 11.3 Å². The van der Waals surface area contributed by atoms with E-state index in [0.717, 1.165) is 18.4 Å². The largest absolute Gasteiger partial charge is 0.494 e. The van der Waals surface area contributed by atoms with Gasteiger partial charge in [0.2, 0.25) is 0 Å². The number of hydrogen-bond acceptors (Lipinski definition) is 4. The second-order valence-corrected chi connectivity index (χ2v) is 7.55. The molecular weight excluding hydrogens is 403 g/mol. The predicted molar refractivity (Wildman–Crippen MR) is 112 cm³/mol. The smallest absolute Gasteiger partial charge is 0.257 e. The van der Waals surface area contributed by atoms with Gasteiger partial charge in [-0.05, 0) is 42.8 Å². The summed E-state index contributed by atoms with van der Waals surface area (Å²) < 4.78 is 5.65. The maximum absolute atomic E-state index is 12.5. The highest BCUT2D eigenvalue weighted by atomic mass is 35.5. The third-order valence-corrected chi connectivity index (χ3v) is 5.11. The Hall–Kier alpha value is -2.08. The number of halogens is 2. The van der Waals surface area contributed by atoms with Crippen LogP contribution in [0.1, 0.15) is 30.1 Å². The zero-order chi connectivity index (χ0) is 19.2. The highest BCUT2D eigenvalue weighted by Crippen LogP contribution is 2.32. The molecule has 140 valence electrons. The van der Waals surface area contributed by atoms with Crippen LogP contribution in [-0.2, 0) is 0 Å². The topological polar surface area (TPSA) is 51.2 Å². The molecule has 2 aromatic carbocycles. The van der Waals surface area contributed by atoms with Crippen molar-refractivity contribution in [3.05, 3.63) is 63.5 Å². The fourth-order valence-corrected chi connectivity index (χ4v) is 3.47. The normalized spacial score (nSPS) is 10.6. The lowest BCUT2D eigenvalue weighted by Gasteiger charge is -2.07. The van der Waals surface area contributed by atoms with E-state index in [0.29, 0.717) is 38.8 Å². The van der Waals surface area contributed by atoms with Crippen LogP contribution in [0.4, 0.5) is 5.13 Å². The number of anilines is 1. The summed E-state index contributed by atoms with van der Waals surface area (Å²) in [4.78, 5) is 17.0. The number of ether oxygens (including phenoxy) is 1. The molecule has 0 spiro atoms. The number of nitrogens with one attached hydrogen (secondary N) is 1. The van der Waals surface area contributed by atoms with Crippen LogP contribution in [-0.4, -0.2) is 17.5 Å². The molecule has 0 fully saturated rings. The molecule has 0 radical (unpaired) electrons. The lowest BCUT2D eigenvalue weighted by molar-refractivity contribution is 0.102. The molecule has 1 heterocycles. The van der Waals surface area contributed by atoms with Crippen LogP contribution in [0, 0.1) is 0 Å². The van der Waals surface area contributed by atoms with Crippen molar-refractivity contribution in [2.75, 3.05) is 11.9 Å². The molecule has 3 rings (SSSR count). The summed E-state index contributed by atoms with van der Waals surface area (Å²) in [5.74, 6) is 0.440. The van der Waals surface area contributed by atoms with Gasteiger partial charge in [0.15, 0.2) is 5.13 Å². The average Bonchev–Trinajstić information content (AvgIpc) is 3.12. The van der Waals surface area contributed by atoms with E-state index in [4.69, 9.17) is 27.9 Å². The van der Waals surface area contributed by atoms with Gasteiger partial charge in [-0.3, -0.25) is 10.1 Å². The molecule has 0 unspecified atom stereocenters. The summed E-state index contributed by atoms with van der Waals surface area (Å²) in [6.45, 7) is 2.74. The van der Waals surface area contributed by atoms with Crippen LogP contribution in [0.5, 0.6) is 5.75 Å². The summed E-state index contributed by atoms with van der Waals surface area (Å²) >= 11 is 13.6. The Kier molecular flexibility index (Phi) is 6.72. The van der Waals surface area contributed by atoms with Crippen molar-refractivity contribution < 1.29 is 9.53 Å². The molecule has 0 aliphatic carbocycles. The number of aromatic nitrogens is 1. The van der Waals surface area contributed by atoms with E-state index in [2.05, 4.69) is 17.2 Å². The SMILES string of the molecule is CCCCOc1cccc(C(=O)Nc2nc(-c3cc(Cl)ccc3Cl)cs2)c1. The number of amides is 1. The highest BCUT2D eigenvalue weighted by Gasteiger charge is 2.13. The van der Waals surface area contributed by atoms with Gasteiger partial charge in [0.25, 0.3) is 5.91 Å². The molecule has 1 amide bonds. The third-order valence-electron chi connectivity index (χ3n) is 3.79. The molecule has 3 aromatic rings. The Bertz CT molecular complexity index is 943. The summed E-state index contributed by atoms with van der Waals surface area (Å²) in [6, 6.07) is 12.3. The zero-order valence-corrected chi connectivity index (χ0v) is 17.0. The Morgan fingerprint density at radius 2 is 2.07 bits per heavy atom. The quantitative estimate of drug-likeness (QED) is 0.440. The molecule has 0 bridgehead atoms. The molecule has 1 aromatic heterocycles. The van der Waals surface area contributed by atoms with Crippen LogP contribution >= 0.6 is 34.5 Å². The third kappa shape index (κ3) is 5.22. The first-order valence-corrected chi connectivity index (χ1v) is 10.2. The first-order valence-electron chi connectivity index (χ1n) is 8.52. The minimum Gasteiger partial charge on any atom is -0.494 e. The van der Waals surface area contributed by atoms with E-state index < -0.39 is 0 Å². The molecule has 0 saturated carbocycles. The molecule has 0 aliphatic heterocycles. The Balaban J connectivity index is 1.71. The second-order valence-electron chi connectivity index (χ2n) is 5.85. The number of nitrogens with zero attached hydrogens (tertiary/aromatic N) is 1. The minimum absolute atomic E-state index is 0.242. The second kappa shape index (κ2) is 9.22. The Morgan fingerprint density at radius 1 is 1.22 bits per heavy atom. The molecule has 0 saturated heterocycles. The van der Waals surface area contributed by atoms with Crippen LogP contribution in [0.2, 0.25) is 10.0 Å². The van der Waals surface area contributed by atoms with Gasteiger partial charge in [0, 0.05) is 21.5 Å². The number of unbranched alkanes of at least 4 members (excludes halogenated alkanes) is 1. The average molecular weight is 421 g/mol. The standard InChI is InChI=1S/C20H18Cl2N2O2S/c1-2-3-9-26-15-6-4-5-13(10-15)19(25)24-20-23-18(12-27-20)16-11-14(21)7-8-17(16)22/h4-8,10-12H,2-3,9H2,1H3,(H,23,24,25). The molecular formula is C20H18Cl2N2O2S. The van der Waals surface area contributed by atoms with Gasteiger partial charge in [-0.25, -0.2) is 4.98 Å². The maximum Gasteiger partial charge on any atom is 0.257 e. The zero-order valence-electron chi connectivity index (χ0n) is 14.7. The van der Waals surface area contributed by atoms with Crippen molar-refractivity contribution in [2.24, 2.45) is 0 Å². The van der Waals surface area contributed by atoms with E-state index in [9.17, 15) is 4.79 Å². The van der Waals surface area contributed by atoms with Gasteiger partial charge < -0.3 is 4.74 Å². The fraction of sp³-hybridized carbons (Fsp3) is 0.200. The lowest BCUT2D eigenvalue weighted by atomic mass is 10.2. The van der Waals surface area contributed by atoms with Crippen LogP contribution in [0.15, 0.2) is 47.8 Å². The lowest BCUT2D eigenvalue weighted by Crippen LogP contribution is -2.11. The van der Waals surface area contributed by atoms with E-state index in [1.807, 2.05) is 11.4 Å². The number of benzene rings is 2. The van der Waals surface area contributed by atoms with Crippen LogP contribution in [0.3, 0.4) is 0 Å². The summed E-state index contributed by atoms with van der Waals surface area (Å²) in [5.41, 5.74) is 1.91. The number of hydrogen-bond donors (Lipinski definition) is 1. The van der Waals surface area contributed by atoms with Crippen molar-refractivity contribution in [1.29, 1.82) is 0 Å². The number of rotatable bonds is 7. The molecule has 0 atom stereocenters. The fourth-order valence-electron chi connectivity index (χ4n) is 2.38. The van der Waals surface area contributed by atoms with Gasteiger partial charge in [0.05, 0.1) is 17.3 Å². The van der Waals surface area contributed by atoms with E-state index in [1.165, 1.54) is 11.3 Å². The van der Waals surface area contributed by atoms with Gasteiger partial charge in [-0.15, -0.1) is 11.3 Å². The van der Waals surface area contributed by atoms with Crippen molar-refractivity contribution in [2.45, 2.75) is 19.8 Å². The van der Waals surface area contributed by atoms with Crippen molar-refractivity contribution in [3.8, 4) is 17.0 Å². The molecule has 7 heteroatoms. The minimum atomic E-state index is -0.242. The van der Waals surface area contributed by atoms with Gasteiger partial charge in [0.1, 0.15) is 5.75 Å². The summed E-state index contributed by atoms with van der Waals surface area (Å²) in [5, 5.41) is 6.27. The van der Waals surface area contributed by atoms with E-state index in [-0.39, 0.29) is 5.91 Å². The molecule has 27 heavy (non-hydrogen) atoms.